The van der Waals surface area contributed by atoms with Crippen molar-refractivity contribution >= 4 is 17.9 Å². The molecule has 1 rings (SSSR count). The van der Waals surface area contributed by atoms with Crippen LogP contribution in [-0.4, -0.2) is 13.4 Å². The maximum Gasteiger partial charge on any atom is 0.151 e. The first kappa shape index (κ1) is 9.07. The monoisotopic (exact) mass is 184 g/mol. The van der Waals surface area contributed by atoms with E-state index >= 15 is 0 Å². The minimum absolute atomic E-state index is 0.424. The molecule has 1 aromatic rings. The van der Waals surface area contributed by atoms with Gasteiger partial charge in [-0.2, -0.15) is 0 Å². The summed E-state index contributed by atoms with van der Waals surface area (Å²) in [5.41, 5.74) is 1.40. The van der Waals surface area contributed by atoms with Crippen molar-refractivity contribution in [2.45, 2.75) is 6.92 Å². The first-order valence-electron chi connectivity index (χ1n) is 3.48. The minimum atomic E-state index is 0.424. The number of hydrogen-bond donors (Lipinski definition) is 0. The highest BCUT2D eigenvalue weighted by atomic mass is 35.5. The molecule has 0 spiro atoms. The fourth-order valence-electron chi connectivity index (χ4n) is 0.996. The smallest absolute Gasteiger partial charge is 0.151 e. The molecule has 1 aromatic carbocycles. The second-order valence-corrected chi connectivity index (χ2v) is 2.87. The van der Waals surface area contributed by atoms with Crippen molar-refractivity contribution in [2.24, 2.45) is 0 Å². The molecule has 0 saturated carbocycles. The summed E-state index contributed by atoms with van der Waals surface area (Å²) in [6.45, 7) is 1.86. The van der Waals surface area contributed by atoms with E-state index in [9.17, 15) is 4.79 Å². The van der Waals surface area contributed by atoms with Crippen molar-refractivity contribution in [1.29, 1.82) is 0 Å². The third-order valence-electron chi connectivity index (χ3n) is 1.64. The Morgan fingerprint density at radius 3 is 2.67 bits per heavy atom. The average molecular weight is 185 g/mol. The fraction of sp³-hybridized carbons (Fsp3) is 0.222. The Kier molecular flexibility index (Phi) is 2.71. The molecule has 0 fully saturated rings. The molecule has 0 aliphatic carbocycles. The zero-order valence-corrected chi connectivity index (χ0v) is 7.68. The summed E-state index contributed by atoms with van der Waals surface area (Å²) < 4.78 is 5.02. The highest BCUT2D eigenvalue weighted by Crippen LogP contribution is 2.25. The van der Waals surface area contributed by atoms with Crippen LogP contribution < -0.4 is 4.74 Å². The number of carbonyl (C=O) groups excluding carboxylic acids is 1. The van der Waals surface area contributed by atoms with E-state index in [0.717, 1.165) is 11.8 Å². The Balaban J connectivity index is 3.25. The SMILES string of the molecule is COc1cc(Cl)c(C=O)cc1C. The first-order chi connectivity index (χ1) is 5.69. The molecule has 0 atom stereocenters. The molecule has 0 amide bonds. The average Bonchev–Trinajstić information content (AvgIpc) is 2.08. The van der Waals surface area contributed by atoms with E-state index < -0.39 is 0 Å². The summed E-state index contributed by atoms with van der Waals surface area (Å²) >= 11 is 5.77. The second-order valence-electron chi connectivity index (χ2n) is 2.46. The molecule has 3 heteroatoms. The Bertz CT molecular complexity index is 308. The number of aldehydes is 1. The van der Waals surface area contributed by atoms with Gasteiger partial charge in [-0.1, -0.05) is 11.6 Å². The Morgan fingerprint density at radius 1 is 1.50 bits per heavy atom. The highest BCUT2D eigenvalue weighted by Gasteiger charge is 2.04. The van der Waals surface area contributed by atoms with Gasteiger partial charge in [0.2, 0.25) is 0 Å². The van der Waals surface area contributed by atoms with Gasteiger partial charge in [-0.15, -0.1) is 0 Å². The third kappa shape index (κ3) is 1.59. The number of halogens is 1. The maximum absolute atomic E-state index is 10.5. The normalized spacial score (nSPS) is 9.58. The van der Waals surface area contributed by atoms with Gasteiger partial charge < -0.3 is 4.74 Å². The minimum Gasteiger partial charge on any atom is -0.496 e. The van der Waals surface area contributed by atoms with Crippen LogP contribution in [0.15, 0.2) is 12.1 Å². The number of aryl methyl sites for hydroxylation is 1. The molecule has 0 heterocycles. The van der Waals surface area contributed by atoms with E-state index in [4.69, 9.17) is 16.3 Å². The van der Waals surface area contributed by atoms with Crippen molar-refractivity contribution < 1.29 is 9.53 Å². The van der Waals surface area contributed by atoms with Crippen molar-refractivity contribution in [3.63, 3.8) is 0 Å². The molecule has 0 radical (unpaired) electrons. The van der Waals surface area contributed by atoms with Crippen molar-refractivity contribution in [3.05, 3.63) is 28.3 Å². The number of ether oxygens (including phenoxy) is 1. The molecule has 0 N–H and O–H groups in total. The molecule has 0 saturated heterocycles. The lowest BCUT2D eigenvalue weighted by Gasteiger charge is -2.05. The molecule has 64 valence electrons. The predicted molar refractivity (Wildman–Crippen MR) is 48.1 cm³/mol. The number of carbonyl (C=O) groups is 1. The van der Waals surface area contributed by atoms with Crippen molar-refractivity contribution in [3.8, 4) is 5.75 Å². The van der Waals surface area contributed by atoms with Gasteiger partial charge in [-0.05, 0) is 24.6 Å². The first-order valence-corrected chi connectivity index (χ1v) is 3.86. The van der Waals surface area contributed by atoms with E-state index in [2.05, 4.69) is 0 Å². The Morgan fingerprint density at radius 2 is 2.17 bits per heavy atom. The van der Waals surface area contributed by atoms with Crippen LogP contribution in [0.5, 0.6) is 5.75 Å². The Labute approximate surface area is 76.1 Å². The Hall–Kier alpha value is -1.02. The predicted octanol–water partition coefficient (Wildman–Crippen LogP) is 2.47. The van der Waals surface area contributed by atoms with Crippen LogP contribution in [0.25, 0.3) is 0 Å². The summed E-state index contributed by atoms with van der Waals surface area (Å²) in [6.07, 6.45) is 0.731. The van der Waals surface area contributed by atoms with E-state index in [1.165, 1.54) is 0 Å². The number of rotatable bonds is 2. The summed E-state index contributed by atoms with van der Waals surface area (Å²) in [6, 6.07) is 3.34. The van der Waals surface area contributed by atoms with Crippen LogP contribution in [-0.2, 0) is 0 Å². The number of hydrogen-bond acceptors (Lipinski definition) is 2. The summed E-state index contributed by atoms with van der Waals surface area (Å²) in [4.78, 5) is 10.5. The molecular weight excluding hydrogens is 176 g/mol. The van der Waals surface area contributed by atoms with Crippen LogP contribution in [0.3, 0.4) is 0 Å². The molecule has 0 aliphatic heterocycles. The van der Waals surface area contributed by atoms with Gasteiger partial charge in [0.15, 0.2) is 6.29 Å². The molecule has 12 heavy (non-hydrogen) atoms. The summed E-state index contributed by atoms with van der Waals surface area (Å²) in [5.74, 6) is 0.700. The van der Waals surface area contributed by atoms with Gasteiger partial charge in [0.05, 0.1) is 12.1 Å². The van der Waals surface area contributed by atoms with Crippen LogP contribution in [0.2, 0.25) is 5.02 Å². The van der Waals surface area contributed by atoms with Gasteiger partial charge in [0.1, 0.15) is 5.75 Å². The van der Waals surface area contributed by atoms with Gasteiger partial charge in [-0.25, -0.2) is 0 Å². The lowest BCUT2D eigenvalue weighted by Crippen LogP contribution is -1.90. The van der Waals surface area contributed by atoms with E-state index in [1.807, 2.05) is 6.92 Å². The molecule has 0 bridgehead atoms. The van der Waals surface area contributed by atoms with Crippen LogP contribution in [0, 0.1) is 6.92 Å². The number of methoxy groups -OCH3 is 1. The van der Waals surface area contributed by atoms with Gasteiger partial charge in [0, 0.05) is 5.56 Å². The molecule has 2 nitrogen and oxygen atoms in total. The van der Waals surface area contributed by atoms with E-state index in [-0.39, 0.29) is 0 Å². The third-order valence-corrected chi connectivity index (χ3v) is 1.97. The zero-order valence-electron chi connectivity index (χ0n) is 6.93. The van der Waals surface area contributed by atoms with Crippen LogP contribution in [0.1, 0.15) is 15.9 Å². The lowest BCUT2D eigenvalue weighted by atomic mass is 10.1. The standard InChI is InChI=1S/C9H9ClO2/c1-6-3-7(5-11)8(10)4-9(6)12-2/h3-5H,1-2H3. The summed E-state index contributed by atoms with van der Waals surface area (Å²) in [7, 11) is 1.57. The van der Waals surface area contributed by atoms with Gasteiger partial charge >= 0.3 is 0 Å². The van der Waals surface area contributed by atoms with Crippen LogP contribution >= 0.6 is 11.6 Å². The van der Waals surface area contributed by atoms with E-state index in [1.54, 1.807) is 19.2 Å². The number of benzene rings is 1. The largest absolute Gasteiger partial charge is 0.496 e. The maximum atomic E-state index is 10.5. The zero-order chi connectivity index (χ0) is 9.14. The second kappa shape index (κ2) is 3.59. The molecular formula is C9H9ClO2. The van der Waals surface area contributed by atoms with E-state index in [0.29, 0.717) is 16.3 Å². The molecule has 0 aliphatic rings. The van der Waals surface area contributed by atoms with Gasteiger partial charge in [0.25, 0.3) is 0 Å². The van der Waals surface area contributed by atoms with Crippen LogP contribution in [0.4, 0.5) is 0 Å². The topological polar surface area (TPSA) is 26.3 Å². The molecule has 0 unspecified atom stereocenters. The fourth-order valence-corrected chi connectivity index (χ4v) is 1.19. The van der Waals surface area contributed by atoms with Gasteiger partial charge in [-0.3, -0.25) is 4.79 Å². The lowest BCUT2D eigenvalue weighted by molar-refractivity contribution is 0.112. The summed E-state index contributed by atoms with van der Waals surface area (Å²) in [5, 5.41) is 0.424. The molecule has 0 aromatic heterocycles. The van der Waals surface area contributed by atoms with Crippen molar-refractivity contribution in [2.75, 3.05) is 7.11 Å². The highest BCUT2D eigenvalue weighted by molar-refractivity contribution is 6.33. The quantitative estimate of drug-likeness (QED) is 0.660. The van der Waals surface area contributed by atoms with Crippen molar-refractivity contribution in [1.82, 2.24) is 0 Å².